The fraction of sp³-hybridized carbons (Fsp3) is 0.562. The molecule has 2 aliphatic rings. The Balaban J connectivity index is 0.00000161. The molecule has 3 nitrogen and oxygen atoms in total. The number of benzene rings is 1. The van der Waals surface area contributed by atoms with Crippen LogP contribution in [0.1, 0.15) is 29.6 Å². The van der Waals surface area contributed by atoms with Gasteiger partial charge in [-0.25, -0.2) is 4.79 Å². The summed E-state index contributed by atoms with van der Waals surface area (Å²) in [6, 6.07) is 10.2. The first-order valence-corrected chi connectivity index (χ1v) is 7.78. The molecule has 2 saturated heterocycles. The van der Waals surface area contributed by atoms with Crippen LogP contribution in [0.4, 0.5) is 0 Å². The van der Waals surface area contributed by atoms with E-state index in [0.717, 1.165) is 12.8 Å². The highest BCUT2D eigenvalue weighted by atomic mass is 35.5. The first-order valence-electron chi connectivity index (χ1n) is 7.24. The molecule has 2 fully saturated rings. The molecule has 0 N–H and O–H groups in total. The third-order valence-corrected chi connectivity index (χ3v) is 5.17. The van der Waals surface area contributed by atoms with Gasteiger partial charge in [0.15, 0.2) is 0 Å². The maximum absolute atomic E-state index is 12.2. The number of hydrogen-bond acceptors (Lipinski definition) is 3. The monoisotopic (exact) mass is 329 g/mol. The highest BCUT2D eigenvalue weighted by molar-refractivity contribution is 6.18. The summed E-state index contributed by atoms with van der Waals surface area (Å²) < 4.78 is 5.76. The van der Waals surface area contributed by atoms with Gasteiger partial charge in [0.2, 0.25) is 0 Å². The van der Waals surface area contributed by atoms with Crippen molar-refractivity contribution in [2.45, 2.75) is 37.5 Å². The second kappa shape index (κ2) is 6.99. The highest BCUT2D eigenvalue weighted by Gasteiger charge is 2.46. The van der Waals surface area contributed by atoms with Crippen LogP contribution < -0.4 is 0 Å². The predicted molar refractivity (Wildman–Crippen MR) is 86.3 cm³/mol. The summed E-state index contributed by atoms with van der Waals surface area (Å²) in [6.07, 6.45) is 3.21. The van der Waals surface area contributed by atoms with Gasteiger partial charge in [-0.05, 0) is 32.0 Å². The lowest BCUT2D eigenvalue weighted by Crippen LogP contribution is -2.51. The van der Waals surface area contributed by atoms with Crippen molar-refractivity contribution in [1.82, 2.24) is 4.90 Å². The van der Waals surface area contributed by atoms with Crippen molar-refractivity contribution in [3.05, 3.63) is 35.9 Å². The molecule has 0 saturated carbocycles. The molecular formula is C16H21Cl2NO2. The summed E-state index contributed by atoms with van der Waals surface area (Å²) in [6.45, 7) is 0. The molecule has 0 radical (unpaired) electrons. The number of ether oxygens (including phenoxy) is 1. The van der Waals surface area contributed by atoms with E-state index in [4.69, 9.17) is 16.3 Å². The van der Waals surface area contributed by atoms with Crippen LogP contribution in [0.15, 0.2) is 30.3 Å². The average Bonchev–Trinajstić information content (AvgIpc) is 2.73. The Morgan fingerprint density at radius 1 is 1.33 bits per heavy atom. The number of piperidine rings is 1. The Morgan fingerprint density at radius 3 is 2.71 bits per heavy atom. The Kier molecular flexibility index (Phi) is 5.53. The average molecular weight is 330 g/mol. The molecule has 2 bridgehead atoms. The van der Waals surface area contributed by atoms with Crippen LogP contribution in [-0.2, 0) is 4.74 Å². The highest BCUT2D eigenvalue weighted by Crippen LogP contribution is 2.40. The maximum atomic E-state index is 12.2. The minimum Gasteiger partial charge on any atom is -0.458 e. The van der Waals surface area contributed by atoms with Crippen molar-refractivity contribution in [2.75, 3.05) is 12.9 Å². The van der Waals surface area contributed by atoms with E-state index in [0.29, 0.717) is 23.5 Å². The number of rotatable bonds is 3. The van der Waals surface area contributed by atoms with Gasteiger partial charge in [-0.2, -0.15) is 0 Å². The van der Waals surface area contributed by atoms with Crippen molar-refractivity contribution < 1.29 is 9.53 Å². The van der Waals surface area contributed by atoms with Crippen molar-refractivity contribution in [3.8, 4) is 0 Å². The minimum atomic E-state index is -0.227. The molecule has 4 unspecified atom stereocenters. The van der Waals surface area contributed by atoms with E-state index in [1.165, 1.54) is 6.42 Å². The van der Waals surface area contributed by atoms with Gasteiger partial charge in [0.05, 0.1) is 5.56 Å². The van der Waals surface area contributed by atoms with Gasteiger partial charge in [-0.15, -0.1) is 24.0 Å². The quantitative estimate of drug-likeness (QED) is 0.629. The van der Waals surface area contributed by atoms with E-state index in [-0.39, 0.29) is 30.4 Å². The van der Waals surface area contributed by atoms with Gasteiger partial charge in [0.1, 0.15) is 6.10 Å². The summed E-state index contributed by atoms with van der Waals surface area (Å²) in [5.74, 6) is 0.566. The molecule has 1 aromatic carbocycles. The second-order valence-corrected chi connectivity index (χ2v) is 6.14. The van der Waals surface area contributed by atoms with E-state index < -0.39 is 0 Å². The molecule has 21 heavy (non-hydrogen) atoms. The van der Waals surface area contributed by atoms with E-state index in [2.05, 4.69) is 11.9 Å². The van der Waals surface area contributed by atoms with Crippen molar-refractivity contribution >= 4 is 30.0 Å². The molecule has 116 valence electrons. The number of halogens is 2. The van der Waals surface area contributed by atoms with Crippen LogP contribution in [0.25, 0.3) is 0 Å². The van der Waals surface area contributed by atoms with Gasteiger partial charge in [-0.3, -0.25) is 4.90 Å². The Morgan fingerprint density at radius 2 is 2.05 bits per heavy atom. The lowest BCUT2D eigenvalue weighted by atomic mass is 9.89. The van der Waals surface area contributed by atoms with Gasteiger partial charge in [0, 0.05) is 30.3 Å². The molecule has 2 aliphatic heterocycles. The smallest absolute Gasteiger partial charge is 0.338 e. The number of carbonyl (C=O) groups excluding carboxylic acids is 1. The van der Waals surface area contributed by atoms with E-state index in [1.807, 2.05) is 18.2 Å². The third-order valence-electron chi connectivity index (χ3n) is 4.82. The fourth-order valence-corrected chi connectivity index (χ4v) is 4.05. The van der Waals surface area contributed by atoms with Crippen molar-refractivity contribution in [2.24, 2.45) is 5.92 Å². The SMILES string of the molecule is CN1C2CCC1C(CCl)C(OC(=O)c1ccccc1)C2.Cl. The van der Waals surface area contributed by atoms with Crippen molar-refractivity contribution in [3.63, 3.8) is 0 Å². The standard InChI is InChI=1S/C16H20ClNO2.ClH/c1-18-12-7-8-14(18)13(10-17)15(9-12)20-16(19)11-5-3-2-4-6-11;/h2-6,12-15H,7-10H2,1H3;1H. The molecule has 0 aromatic heterocycles. The molecule has 5 heteroatoms. The van der Waals surface area contributed by atoms with E-state index in [9.17, 15) is 4.79 Å². The lowest BCUT2D eigenvalue weighted by Gasteiger charge is -2.41. The third kappa shape index (κ3) is 3.20. The van der Waals surface area contributed by atoms with Crippen LogP contribution in [0.3, 0.4) is 0 Å². The van der Waals surface area contributed by atoms with Gasteiger partial charge in [0.25, 0.3) is 0 Å². The molecule has 2 heterocycles. The maximum Gasteiger partial charge on any atom is 0.338 e. The number of esters is 1. The summed E-state index contributed by atoms with van der Waals surface area (Å²) in [4.78, 5) is 14.6. The predicted octanol–water partition coefficient (Wildman–Crippen LogP) is 3.36. The zero-order valence-electron chi connectivity index (χ0n) is 12.1. The van der Waals surface area contributed by atoms with Crippen LogP contribution in [-0.4, -0.2) is 42.0 Å². The van der Waals surface area contributed by atoms with Crippen LogP contribution in [0.2, 0.25) is 0 Å². The molecular weight excluding hydrogens is 309 g/mol. The molecule has 0 aliphatic carbocycles. The first-order chi connectivity index (χ1) is 9.70. The normalized spacial score (nSPS) is 31.5. The van der Waals surface area contributed by atoms with Crippen molar-refractivity contribution in [1.29, 1.82) is 0 Å². The van der Waals surface area contributed by atoms with Crippen LogP contribution in [0, 0.1) is 5.92 Å². The zero-order valence-corrected chi connectivity index (χ0v) is 13.6. The lowest BCUT2D eigenvalue weighted by molar-refractivity contribution is -0.0276. The summed E-state index contributed by atoms with van der Waals surface area (Å²) in [5.41, 5.74) is 0.618. The number of fused-ring (bicyclic) bond motifs is 2. The summed E-state index contributed by atoms with van der Waals surface area (Å²) >= 11 is 6.14. The molecule has 0 amide bonds. The summed E-state index contributed by atoms with van der Waals surface area (Å²) in [7, 11) is 2.16. The Bertz CT molecular complexity index is 482. The van der Waals surface area contributed by atoms with Gasteiger partial charge >= 0.3 is 5.97 Å². The van der Waals surface area contributed by atoms with Gasteiger partial charge in [-0.1, -0.05) is 18.2 Å². The Labute approximate surface area is 137 Å². The van der Waals surface area contributed by atoms with Crippen LogP contribution >= 0.6 is 24.0 Å². The van der Waals surface area contributed by atoms with Crippen LogP contribution in [0.5, 0.6) is 0 Å². The number of hydrogen-bond donors (Lipinski definition) is 0. The number of nitrogens with zero attached hydrogens (tertiary/aromatic N) is 1. The molecule has 4 atom stereocenters. The largest absolute Gasteiger partial charge is 0.458 e. The number of carbonyl (C=O) groups is 1. The number of alkyl halides is 1. The molecule has 1 aromatic rings. The minimum absolute atomic E-state index is 0. The molecule has 3 rings (SSSR count). The topological polar surface area (TPSA) is 29.5 Å². The molecule has 0 spiro atoms. The van der Waals surface area contributed by atoms with E-state index in [1.54, 1.807) is 12.1 Å². The fourth-order valence-electron chi connectivity index (χ4n) is 3.65. The van der Waals surface area contributed by atoms with E-state index >= 15 is 0 Å². The van der Waals surface area contributed by atoms with Gasteiger partial charge < -0.3 is 4.74 Å². The zero-order chi connectivity index (χ0) is 14.1. The summed E-state index contributed by atoms with van der Waals surface area (Å²) in [5, 5.41) is 0. The Hall–Kier alpha value is -0.770. The second-order valence-electron chi connectivity index (χ2n) is 5.83. The first kappa shape index (κ1) is 16.6.